The summed E-state index contributed by atoms with van der Waals surface area (Å²) in [6.07, 6.45) is 0. The lowest BCUT2D eigenvalue weighted by Gasteiger charge is -2.10. The van der Waals surface area contributed by atoms with Gasteiger partial charge < -0.3 is 14.5 Å². The first-order valence-corrected chi connectivity index (χ1v) is 9.99. The van der Waals surface area contributed by atoms with Crippen molar-refractivity contribution >= 4 is 11.6 Å². The molecular formula is C25H23N3O3. The van der Waals surface area contributed by atoms with E-state index in [-0.39, 0.29) is 12.5 Å². The highest BCUT2D eigenvalue weighted by Crippen LogP contribution is 2.27. The van der Waals surface area contributed by atoms with Gasteiger partial charge in [-0.2, -0.15) is 0 Å². The quantitative estimate of drug-likeness (QED) is 0.461. The average molecular weight is 413 g/mol. The minimum Gasteiger partial charge on any atom is -0.483 e. The number of amides is 1. The third-order valence-electron chi connectivity index (χ3n) is 4.88. The van der Waals surface area contributed by atoms with Crippen LogP contribution in [0, 0.1) is 20.8 Å². The van der Waals surface area contributed by atoms with E-state index in [1.165, 1.54) is 0 Å². The lowest BCUT2D eigenvalue weighted by Crippen LogP contribution is -2.20. The van der Waals surface area contributed by atoms with Crippen LogP contribution in [0.25, 0.3) is 22.9 Å². The normalized spacial score (nSPS) is 10.7. The molecule has 6 nitrogen and oxygen atoms in total. The number of hydrogen-bond donors (Lipinski definition) is 1. The molecule has 3 aromatic carbocycles. The molecule has 31 heavy (non-hydrogen) atoms. The van der Waals surface area contributed by atoms with Crippen molar-refractivity contribution in [1.29, 1.82) is 0 Å². The number of aryl methyl sites for hydroxylation is 3. The van der Waals surface area contributed by atoms with Crippen LogP contribution < -0.4 is 10.1 Å². The highest BCUT2D eigenvalue weighted by molar-refractivity contribution is 5.92. The van der Waals surface area contributed by atoms with Crippen LogP contribution in [0.15, 0.2) is 71.1 Å². The number of rotatable bonds is 6. The van der Waals surface area contributed by atoms with Crippen molar-refractivity contribution in [2.24, 2.45) is 0 Å². The summed E-state index contributed by atoms with van der Waals surface area (Å²) in [4.78, 5) is 12.4. The summed E-state index contributed by atoms with van der Waals surface area (Å²) < 4.78 is 11.5. The van der Waals surface area contributed by atoms with Crippen molar-refractivity contribution in [3.63, 3.8) is 0 Å². The summed E-state index contributed by atoms with van der Waals surface area (Å²) >= 11 is 0. The minimum absolute atomic E-state index is 0.0773. The zero-order chi connectivity index (χ0) is 21.8. The first kappa shape index (κ1) is 20.3. The standard InChI is InChI=1S/C25H23N3O3/c1-16-11-12-22(18(3)13-16)30-15-23(29)26-20-9-6-8-19(14-20)24-27-28-25(31-24)21-10-5-4-7-17(21)2/h4-14H,15H2,1-3H3,(H,26,29). The summed E-state index contributed by atoms with van der Waals surface area (Å²) in [7, 11) is 0. The number of hydrogen-bond acceptors (Lipinski definition) is 5. The van der Waals surface area contributed by atoms with E-state index in [4.69, 9.17) is 9.15 Å². The molecule has 0 unspecified atom stereocenters. The van der Waals surface area contributed by atoms with Crippen LogP contribution in [0.3, 0.4) is 0 Å². The van der Waals surface area contributed by atoms with Crippen LogP contribution in [-0.4, -0.2) is 22.7 Å². The van der Waals surface area contributed by atoms with Crippen LogP contribution in [-0.2, 0) is 4.79 Å². The Morgan fingerprint density at radius 3 is 2.52 bits per heavy atom. The van der Waals surface area contributed by atoms with Crippen molar-refractivity contribution < 1.29 is 13.9 Å². The fourth-order valence-corrected chi connectivity index (χ4v) is 3.29. The van der Waals surface area contributed by atoms with Crippen LogP contribution in [0.4, 0.5) is 5.69 Å². The summed E-state index contributed by atoms with van der Waals surface area (Å²) in [5.41, 5.74) is 5.45. The van der Waals surface area contributed by atoms with Gasteiger partial charge in [0.25, 0.3) is 5.91 Å². The summed E-state index contributed by atoms with van der Waals surface area (Å²) in [5, 5.41) is 11.2. The molecule has 0 bridgehead atoms. The molecule has 4 rings (SSSR count). The predicted octanol–water partition coefficient (Wildman–Crippen LogP) is 5.35. The van der Waals surface area contributed by atoms with Gasteiger partial charge in [0.1, 0.15) is 5.75 Å². The molecule has 6 heteroatoms. The topological polar surface area (TPSA) is 77.2 Å². The molecule has 4 aromatic rings. The van der Waals surface area contributed by atoms with Crippen LogP contribution in [0.2, 0.25) is 0 Å². The Balaban J connectivity index is 1.44. The fourth-order valence-electron chi connectivity index (χ4n) is 3.29. The molecule has 0 atom stereocenters. The van der Waals surface area contributed by atoms with E-state index in [2.05, 4.69) is 15.5 Å². The van der Waals surface area contributed by atoms with Gasteiger partial charge in [0.05, 0.1) is 0 Å². The second kappa shape index (κ2) is 8.83. The number of nitrogens with zero attached hydrogens (tertiary/aromatic N) is 2. The largest absolute Gasteiger partial charge is 0.483 e. The molecular weight excluding hydrogens is 390 g/mol. The van der Waals surface area contributed by atoms with Crippen molar-refractivity contribution in [2.45, 2.75) is 20.8 Å². The molecule has 1 N–H and O–H groups in total. The van der Waals surface area contributed by atoms with E-state index in [1.807, 2.05) is 75.4 Å². The number of ether oxygens (including phenoxy) is 1. The molecule has 0 aliphatic carbocycles. The lowest BCUT2D eigenvalue weighted by atomic mass is 10.1. The van der Waals surface area contributed by atoms with E-state index < -0.39 is 0 Å². The SMILES string of the molecule is Cc1ccc(OCC(=O)Nc2cccc(-c3nnc(-c4ccccc4C)o3)c2)c(C)c1. The Hall–Kier alpha value is -3.93. The first-order chi connectivity index (χ1) is 15.0. The Morgan fingerprint density at radius 2 is 1.71 bits per heavy atom. The van der Waals surface area contributed by atoms with E-state index in [0.29, 0.717) is 23.2 Å². The average Bonchev–Trinajstić information content (AvgIpc) is 3.24. The van der Waals surface area contributed by atoms with Gasteiger partial charge in [-0.3, -0.25) is 4.79 Å². The summed E-state index contributed by atoms with van der Waals surface area (Å²) in [6, 6.07) is 21.0. The molecule has 0 radical (unpaired) electrons. The third kappa shape index (κ3) is 4.80. The van der Waals surface area contributed by atoms with Gasteiger partial charge in [0.2, 0.25) is 11.8 Å². The van der Waals surface area contributed by atoms with E-state index >= 15 is 0 Å². The smallest absolute Gasteiger partial charge is 0.262 e. The molecule has 0 aliphatic rings. The van der Waals surface area contributed by atoms with Crippen LogP contribution >= 0.6 is 0 Å². The van der Waals surface area contributed by atoms with Crippen molar-refractivity contribution in [2.75, 3.05) is 11.9 Å². The molecule has 156 valence electrons. The molecule has 0 fully saturated rings. The van der Waals surface area contributed by atoms with Gasteiger partial charge in [-0.05, 0) is 62.2 Å². The monoisotopic (exact) mass is 413 g/mol. The van der Waals surface area contributed by atoms with E-state index in [0.717, 1.165) is 27.8 Å². The second-order valence-electron chi connectivity index (χ2n) is 7.41. The number of nitrogens with one attached hydrogen (secondary N) is 1. The number of anilines is 1. The number of carbonyl (C=O) groups excluding carboxylic acids is 1. The zero-order valence-corrected chi connectivity index (χ0v) is 17.7. The molecule has 1 aromatic heterocycles. The van der Waals surface area contributed by atoms with Crippen molar-refractivity contribution in [3.05, 3.63) is 83.4 Å². The van der Waals surface area contributed by atoms with Gasteiger partial charge in [-0.15, -0.1) is 10.2 Å². The minimum atomic E-state index is -0.247. The molecule has 1 amide bonds. The Morgan fingerprint density at radius 1 is 0.903 bits per heavy atom. The van der Waals surface area contributed by atoms with Crippen LogP contribution in [0.5, 0.6) is 5.75 Å². The van der Waals surface area contributed by atoms with Gasteiger partial charge in [-0.1, -0.05) is 42.0 Å². The van der Waals surface area contributed by atoms with Gasteiger partial charge in [-0.25, -0.2) is 0 Å². The number of aromatic nitrogens is 2. The number of carbonyl (C=O) groups is 1. The third-order valence-corrected chi connectivity index (χ3v) is 4.88. The summed E-state index contributed by atoms with van der Waals surface area (Å²) in [6.45, 7) is 5.89. The van der Waals surface area contributed by atoms with E-state index in [1.54, 1.807) is 12.1 Å². The Labute approximate surface area is 180 Å². The first-order valence-electron chi connectivity index (χ1n) is 9.99. The lowest BCUT2D eigenvalue weighted by molar-refractivity contribution is -0.118. The maximum Gasteiger partial charge on any atom is 0.262 e. The Bertz CT molecular complexity index is 1230. The van der Waals surface area contributed by atoms with Crippen molar-refractivity contribution in [3.8, 4) is 28.7 Å². The molecule has 0 aliphatic heterocycles. The highest BCUT2D eigenvalue weighted by atomic mass is 16.5. The van der Waals surface area contributed by atoms with Crippen LogP contribution in [0.1, 0.15) is 16.7 Å². The number of benzene rings is 3. The highest BCUT2D eigenvalue weighted by Gasteiger charge is 2.13. The zero-order valence-electron chi connectivity index (χ0n) is 17.7. The molecule has 1 heterocycles. The molecule has 0 saturated carbocycles. The van der Waals surface area contributed by atoms with Crippen molar-refractivity contribution in [1.82, 2.24) is 10.2 Å². The maximum atomic E-state index is 12.4. The predicted molar refractivity (Wildman–Crippen MR) is 120 cm³/mol. The van der Waals surface area contributed by atoms with Gasteiger partial charge >= 0.3 is 0 Å². The second-order valence-corrected chi connectivity index (χ2v) is 7.41. The Kier molecular flexibility index (Phi) is 5.80. The molecule has 0 spiro atoms. The van der Waals surface area contributed by atoms with Gasteiger partial charge in [0.15, 0.2) is 6.61 Å². The molecule has 0 saturated heterocycles. The van der Waals surface area contributed by atoms with E-state index in [9.17, 15) is 4.79 Å². The maximum absolute atomic E-state index is 12.4. The fraction of sp³-hybridized carbons (Fsp3) is 0.160. The van der Waals surface area contributed by atoms with Gasteiger partial charge in [0, 0.05) is 16.8 Å². The summed E-state index contributed by atoms with van der Waals surface area (Å²) in [5.74, 6) is 1.30.